The Kier molecular flexibility index (Phi) is 7.04. The van der Waals surface area contributed by atoms with Crippen molar-refractivity contribution in [3.05, 3.63) is 71.5 Å². The van der Waals surface area contributed by atoms with Crippen LogP contribution in [-0.4, -0.2) is 24.7 Å². The number of carbonyl (C=O) groups excluding carboxylic acids is 1. The van der Waals surface area contributed by atoms with Crippen LogP contribution in [-0.2, 0) is 16.1 Å². The maximum Gasteiger partial charge on any atom is 0.331 e. The first-order chi connectivity index (χ1) is 12.1. The molecule has 25 heavy (non-hydrogen) atoms. The molecule has 1 aromatic heterocycles. The molecule has 0 aliphatic rings. The van der Waals surface area contributed by atoms with Crippen molar-refractivity contribution in [3.63, 3.8) is 0 Å². The largest absolute Gasteiger partial charge is 0.493 e. The molecule has 0 atom stereocenters. The van der Waals surface area contributed by atoms with E-state index < -0.39 is 5.97 Å². The molecule has 6 heteroatoms. The number of aromatic nitrogens is 1. The number of carbonyl (C=O) groups is 1. The fourth-order valence-electron chi connectivity index (χ4n) is 1.91. The zero-order valence-corrected chi connectivity index (χ0v) is 14.5. The van der Waals surface area contributed by atoms with E-state index in [0.29, 0.717) is 23.3 Å². The van der Waals surface area contributed by atoms with Gasteiger partial charge in [-0.05, 0) is 29.8 Å². The van der Waals surface area contributed by atoms with Crippen LogP contribution in [0, 0.1) is 0 Å². The van der Waals surface area contributed by atoms with E-state index >= 15 is 0 Å². The first-order valence-corrected chi connectivity index (χ1v) is 7.87. The summed E-state index contributed by atoms with van der Waals surface area (Å²) in [6.07, 6.45) is 6.20. The third-order valence-corrected chi connectivity index (χ3v) is 3.35. The van der Waals surface area contributed by atoms with Crippen LogP contribution in [0.3, 0.4) is 0 Å². The fourth-order valence-corrected chi connectivity index (χ4v) is 2.03. The van der Waals surface area contributed by atoms with Crippen LogP contribution in [0.2, 0.25) is 5.15 Å². The second kappa shape index (κ2) is 9.49. The molecule has 0 unspecified atom stereocenters. The Balaban J connectivity index is 1.94. The van der Waals surface area contributed by atoms with Crippen molar-refractivity contribution in [3.8, 4) is 11.5 Å². The van der Waals surface area contributed by atoms with Crippen molar-refractivity contribution in [1.29, 1.82) is 0 Å². The highest BCUT2D eigenvalue weighted by Crippen LogP contribution is 2.28. The first kappa shape index (κ1) is 18.5. The molecule has 2 aromatic rings. The number of hydrogen-bond donors (Lipinski definition) is 0. The van der Waals surface area contributed by atoms with Gasteiger partial charge in [-0.25, -0.2) is 9.78 Å². The Morgan fingerprint density at radius 2 is 2.12 bits per heavy atom. The van der Waals surface area contributed by atoms with Gasteiger partial charge in [0.15, 0.2) is 11.5 Å². The number of methoxy groups -OCH3 is 1. The summed E-state index contributed by atoms with van der Waals surface area (Å²) in [5.41, 5.74) is 1.55. The number of rotatable bonds is 8. The highest BCUT2D eigenvalue weighted by Gasteiger charge is 2.05. The quantitative estimate of drug-likeness (QED) is 0.308. The molecule has 0 N–H and O–H groups in total. The Hall–Kier alpha value is -2.79. The van der Waals surface area contributed by atoms with Crippen LogP contribution >= 0.6 is 11.6 Å². The first-order valence-electron chi connectivity index (χ1n) is 7.49. The zero-order valence-electron chi connectivity index (χ0n) is 13.8. The van der Waals surface area contributed by atoms with Gasteiger partial charge in [0.25, 0.3) is 0 Å². The summed E-state index contributed by atoms with van der Waals surface area (Å²) >= 11 is 5.70. The van der Waals surface area contributed by atoms with E-state index in [2.05, 4.69) is 11.6 Å². The molecule has 130 valence electrons. The van der Waals surface area contributed by atoms with Crippen molar-refractivity contribution in [2.75, 3.05) is 13.7 Å². The molecule has 1 heterocycles. The zero-order chi connectivity index (χ0) is 18.1. The number of ether oxygens (including phenoxy) is 3. The standard InChI is InChI=1S/C19H18ClNO4/c1-3-10-24-16-7-4-14(11-17(16)23-2)6-9-19(22)25-13-15-5-8-18(20)21-12-15/h3-9,11-12H,1,10,13H2,2H3/b9-6+. The monoisotopic (exact) mass is 359 g/mol. The summed E-state index contributed by atoms with van der Waals surface area (Å²) in [7, 11) is 1.55. The smallest absolute Gasteiger partial charge is 0.331 e. The molecule has 0 aliphatic carbocycles. The van der Waals surface area contributed by atoms with Crippen molar-refractivity contribution < 1.29 is 19.0 Å². The van der Waals surface area contributed by atoms with Gasteiger partial charge in [0, 0.05) is 17.8 Å². The highest BCUT2D eigenvalue weighted by atomic mass is 35.5. The summed E-state index contributed by atoms with van der Waals surface area (Å²) in [5, 5.41) is 0.393. The minimum absolute atomic E-state index is 0.130. The van der Waals surface area contributed by atoms with Crippen LogP contribution in [0.1, 0.15) is 11.1 Å². The average molecular weight is 360 g/mol. The minimum Gasteiger partial charge on any atom is -0.493 e. The Morgan fingerprint density at radius 3 is 2.80 bits per heavy atom. The topological polar surface area (TPSA) is 57.7 Å². The van der Waals surface area contributed by atoms with Crippen LogP contribution < -0.4 is 9.47 Å². The molecule has 0 spiro atoms. The molecule has 0 fully saturated rings. The lowest BCUT2D eigenvalue weighted by Gasteiger charge is -2.09. The number of esters is 1. The van der Waals surface area contributed by atoms with Crippen LogP contribution in [0.4, 0.5) is 0 Å². The number of nitrogens with zero attached hydrogens (tertiary/aromatic N) is 1. The van der Waals surface area contributed by atoms with Gasteiger partial charge in [0.05, 0.1) is 7.11 Å². The van der Waals surface area contributed by atoms with Crippen molar-refractivity contribution in [1.82, 2.24) is 4.98 Å². The summed E-state index contributed by atoms with van der Waals surface area (Å²) < 4.78 is 15.9. The Labute approximate surface area is 151 Å². The van der Waals surface area contributed by atoms with Crippen LogP contribution in [0.25, 0.3) is 6.08 Å². The molecule has 1 aromatic carbocycles. The normalized spacial score (nSPS) is 10.5. The van der Waals surface area contributed by atoms with E-state index in [1.165, 1.54) is 6.08 Å². The Morgan fingerprint density at radius 1 is 1.28 bits per heavy atom. The maximum atomic E-state index is 11.8. The van der Waals surface area contributed by atoms with Gasteiger partial charge in [-0.3, -0.25) is 0 Å². The molecule has 0 saturated carbocycles. The molecule has 0 amide bonds. The average Bonchev–Trinajstić information content (AvgIpc) is 2.64. The van der Waals surface area contributed by atoms with E-state index in [1.54, 1.807) is 49.7 Å². The summed E-state index contributed by atoms with van der Waals surface area (Å²) in [4.78, 5) is 15.7. The lowest BCUT2D eigenvalue weighted by atomic mass is 10.2. The van der Waals surface area contributed by atoms with Crippen molar-refractivity contribution in [2.45, 2.75) is 6.61 Å². The molecule has 0 saturated heterocycles. The number of halogens is 1. The third-order valence-electron chi connectivity index (χ3n) is 3.13. The van der Waals surface area contributed by atoms with E-state index in [9.17, 15) is 4.79 Å². The predicted molar refractivity (Wildman–Crippen MR) is 96.8 cm³/mol. The number of hydrogen-bond acceptors (Lipinski definition) is 5. The van der Waals surface area contributed by atoms with E-state index in [1.807, 2.05) is 6.07 Å². The van der Waals surface area contributed by atoms with Crippen molar-refractivity contribution >= 4 is 23.6 Å². The van der Waals surface area contributed by atoms with Gasteiger partial charge in [-0.2, -0.15) is 0 Å². The highest BCUT2D eigenvalue weighted by molar-refractivity contribution is 6.29. The third kappa shape index (κ3) is 5.97. The van der Waals surface area contributed by atoms with Gasteiger partial charge in [-0.15, -0.1) is 0 Å². The van der Waals surface area contributed by atoms with Gasteiger partial charge in [-0.1, -0.05) is 36.4 Å². The molecule has 0 aliphatic heterocycles. The van der Waals surface area contributed by atoms with E-state index in [-0.39, 0.29) is 6.61 Å². The van der Waals surface area contributed by atoms with Gasteiger partial charge in [0.1, 0.15) is 18.4 Å². The number of pyridine rings is 1. The summed E-state index contributed by atoms with van der Waals surface area (Å²) in [6.45, 7) is 4.12. The van der Waals surface area contributed by atoms with E-state index in [4.69, 9.17) is 25.8 Å². The van der Waals surface area contributed by atoms with Gasteiger partial charge in [0.2, 0.25) is 0 Å². The molecular formula is C19H18ClNO4. The van der Waals surface area contributed by atoms with Crippen LogP contribution in [0.5, 0.6) is 11.5 Å². The fraction of sp³-hybridized carbons (Fsp3) is 0.158. The van der Waals surface area contributed by atoms with Gasteiger partial charge < -0.3 is 14.2 Å². The van der Waals surface area contributed by atoms with Gasteiger partial charge >= 0.3 is 5.97 Å². The molecule has 0 bridgehead atoms. The molecular weight excluding hydrogens is 342 g/mol. The second-order valence-corrected chi connectivity index (χ2v) is 5.33. The lowest BCUT2D eigenvalue weighted by molar-refractivity contribution is -0.138. The Bertz CT molecular complexity index is 757. The minimum atomic E-state index is -0.457. The second-order valence-electron chi connectivity index (χ2n) is 4.94. The maximum absolute atomic E-state index is 11.8. The SMILES string of the molecule is C=CCOc1ccc(/C=C/C(=O)OCc2ccc(Cl)nc2)cc1OC. The van der Waals surface area contributed by atoms with E-state index in [0.717, 1.165) is 11.1 Å². The summed E-state index contributed by atoms with van der Waals surface area (Å²) in [6, 6.07) is 8.74. The van der Waals surface area contributed by atoms with Crippen LogP contribution in [0.15, 0.2) is 55.3 Å². The lowest BCUT2D eigenvalue weighted by Crippen LogP contribution is -2.01. The number of benzene rings is 1. The van der Waals surface area contributed by atoms with Crippen molar-refractivity contribution in [2.24, 2.45) is 0 Å². The molecule has 5 nitrogen and oxygen atoms in total. The molecule has 0 radical (unpaired) electrons. The predicted octanol–water partition coefficient (Wildman–Crippen LogP) is 4.07. The molecule has 2 rings (SSSR count). The summed E-state index contributed by atoms with van der Waals surface area (Å²) in [5.74, 6) is 0.725.